The van der Waals surface area contributed by atoms with Crippen molar-refractivity contribution in [2.45, 2.75) is 6.92 Å². The van der Waals surface area contributed by atoms with Crippen molar-refractivity contribution in [3.8, 4) is 0 Å². The first-order chi connectivity index (χ1) is 7.99. The number of carbonyl (C=O) groups excluding carboxylic acids is 1. The zero-order valence-corrected chi connectivity index (χ0v) is 12.4. The lowest BCUT2D eigenvalue weighted by molar-refractivity contribution is 0.102. The van der Waals surface area contributed by atoms with Gasteiger partial charge in [-0.2, -0.15) is 0 Å². The van der Waals surface area contributed by atoms with Crippen LogP contribution in [0.15, 0.2) is 27.3 Å². The largest absolute Gasteiger partial charge is 0.287 e. The van der Waals surface area contributed by atoms with Gasteiger partial charge in [-0.05, 0) is 46.6 Å². The van der Waals surface area contributed by atoms with Gasteiger partial charge in [-0.15, -0.1) is 5.10 Å². The highest BCUT2D eigenvalue weighted by Crippen LogP contribution is 2.21. The van der Waals surface area contributed by atoms with E-state index in [1.807, 2.05) is 19.1 Å². The van der Waals surface area contributed by atoms with Gasteiger partial charge in [0.2, 0.25) is 5.78 Å². The average Bonchev–Trinajstić information content (AvgIpc) is 2.56. The molecule has 0 saturated carbocycles. The molecule has 0 amide bonds. The summed E-state index contributed by atoms with van der Waals surface area (Å²) in [5.74, 6) is -0.103. The van der Waals surface area contributed by atoms with Crippen molar-refractivity contribution in [2.24, 2.45) is 7.05 Å². The fourth-order valence-electron chi connectivity index (χ4n) is 1.58. The van der Waals surface area contributed by atoms with E-state index in [2.05, 4.69) is 42.2 Å². The Kier molecular flexibility index (Phi) is 3.44. The van der Waals surface area contributed by atoms with Crippen LogP contribution >= 0.6 is 31.9 Å². The smallest absolute Gasteiger partial charge is 0.213 e. The molecule has 0 saturated heterocycles. The van der Waals surface area contributed by atoms with Gasteiger partial charge in [-0.25, -0.2) is 4.68 Å². The summed E-state index contributed by atoms with van der Waals surface area (Å²) < 4.78 is 2.80. The van der Waals surface area contributed by atoms with Crippen LogP contribution in [0.4, 0.5) is 0 Å². The SMILES string of the molecule is Cc1cc(Br)cc(C(=O)c2c(Br)nnn2C)c1. The van der Waals surface area contributed by atoms with Gasteiger partial charge in [0.25, 0.3) is 0 Å². The molecule has 0 aliphatic carbocycles. The van der Waals surface area contributed by atoms with Crippen LogP contribution in [-0.4, -0.2) is 20.8 Å². The zero-order chi connectivity index (χ0) is 12.6. The number of ketones is 1. The van der Waals surface area contributed by atoms with Crippen molar-refractivity contribution in [2.75, 3.05) is 0 Å². The van der Waals surface area contributed by atoms with E-state index < -0.39 is 0 Å². The highest BCUT2D eigenvalue weighted by molar-refractivity contribution is 9.10. The second kappa shape index (κ2) is 4.70. The van der Waals surface area contributed by atoms with Crippen LogP contribution in [0.2, 0.25) is 0 Å². The minimum Gasteiger partial charge on any atom is -0.287 e. The first-order valence-corrected chi connectivity index (χ1v) is 6.44. The Hall–Kier alpha value is -1.01. The van der Waals surface area contributed by atoms with E-state index in [4.69, 9.17) is 0 Å². The van der Waals surface area contributed by atoms with E-state index in [0.29, 0.717) is 15.9 Å². The molecule has 0 N–H and O–H groups in total. The van der Waals surface area contributed by atoms with Crippen molar-refractivity contribution >= 4 is 37.6 Å². The maximum Gasteiger partial charge on any atom is 0.213 e. The highest BCUT2D eigenvalue weighted by Gasteiger charge is 2.19. The summed E-state index contributed by atoms with van der Waals surface area (Å²) >= 11 is 6.60. The summed E-state index contributed by atoms with van der Waals surface area (Å²) in [4.78, 5) is 12.3. The molecule has 0 bridgehead atoms. The molecular weight excluding hydrogens is 350 g/mol. The Morgan fingerprint density at radius 1 is 1.29 bits per heavy atom. The molecule has 0 radical (unpaired) electrons. The summed E-state index contributed by atoms with van der Waals surface area (Å²) in [6, 6.07) is 5.58. The molecule has 1 aromatic heterocycles. The average molecular weight is 359 g/mol. The Labute approximate surface area is 115 Å². The van der Waals surface area contributed by atoms with Crippen LogP contribution in [0.3, 0.4) is 0 Å². The summed E-state index contributed by atoms with van der Waals surface area (Å²) in [6.07, 6.45) is 0. The number of halogens is 2. The number of aryl methyl sites for hydroxylation is 2. The lowest BCUT2D eigenvalue weighted by Crippen LogP contribution is -2.09. The summed E-state index contributed by atoms with van der Waals surface area (Å²) in [7, 11) is 1.69. The molecule has 2 aromatic rings. The second-order valence-corrected chi connectivity index (χ2v) is 5.37. The molecule has 0 unspecified atom stereocenters. The Morgan fingerprint density at radius 2 is 2.00 bits per heavy atom. The third-order valence-electron chi connectivity index (χ3n) is 2.31. The van der Waals surface area contributed by atoms with E-state index in [1.165, 1.54) is 4.68 Å². The van der Waals surface area contributed by atoms with Gasteiger partial charge in [0.15, 0.2) is 4.60 Å². The lowest BCUT2D eigenvalue weighted by atomic mass is 10.1. The van der Waals surface area contributed by atoms with Crippen molar-refractivity contribution in [3.63, 3.8) is 0 Å². The first kappa shape index (κ1) is 12.4. The molecule has 2 rings (SSSR count). The van der Waals surface area contributed by atoms with Crippen LogP contribution in [0, 0.1) is 6.92 Å². The Bertz CT molecular complexity index is 553. The number of hydrogen-bond donors (Lipinski definition) is 0. The predicted octanol–water partition coefficient (Wildman–Crippen LogP) is 2.88. The number of hydrogen-bond acceptors (Lipinski definition) is 3. The molecule has 88 valence electrons. The predicted molar refractivity (Wildman–Crippen MR) is 71.0 cm³/mol. The van der Waals surface area contributed by atoms with Crippen LogP contribution in [0.1, 0.15) is 21.6 Å². The minimum atomic E-state index is -0.103. The van der Waals surface area contributed by atoms with E-state index >= 15 is 0 Å². The van der Waals surface area contributed by atoms with Gasteiger partial charge in [-0.1, -0.05) is 21.1 Å². The highest BCUT2D eigenvalue weighted by atomic mass is 79.9. The molecule has 17 heavy (non-hydrogen) atoms. The minimum absolute atomic E-state index is 0.103. The van der Waals surface area contributed by atoms with Crippen molar-refractivity contribution in [1.29, 1.82) is 0 Å². The first-order valence-electron chi connectivity index (χ1n) is 4.86. The van der Waals surface area contributed by atoms with Gasteiger partial charge >= 0.3 is 0 Å². The Morgan fingerprint density at radius 3 is 2.53 bits per heavy atom. The van der Waals surface area contributed by atoms with Gasteiger partial charge in [-0.3, -0.25) is 4.79 Å². The van der Waals surface area contributed by atoms with Gasteiger partial charge in [0.1, 0.15) is 5.69 Å². The molecule has 6 heteroatoms. The van der Waals surface area contributed by atoms with E-state index in [1.54, 1.807) is 13.1 Å². The van der Waals surface area contributed by atoms with Gasteiger partial charge in [0, 0.05) is 17.1 Å². The molecule has 0 aliphatic heterocycles. The third-order valence-corrected chi connectivity index (χ3v) is 3.30. The van der Waals surface area contributed by atoms with Crippen LogP contribution in [-0.2, 0) is 7.05 Å². The van der Waals surface area contributed by atoms with E-state index in [-0.39, 0.29) is 5.78 Å². The number of carbonyl (C=O) groups is 1. The quantitative estimate of drug-likeness (QED) is 0.775. The van der Waals surface area contributed by atoms with Crippen molar-refractivity contribution in [1.82, 2.24) is 15.0 Å². The maximum atomic E-state index is 12.3. The van der Waals surface area contributed by atoms with Gasteiger partial charge < -0.3 is 0 Å². The standard InChI is InChI=1S/C11H9Br2N3O/c1-6-3-7(5-8(12)4-6)10(17)9-11(13)14-15-16(9)2/h3-5H,1-2H3. The molecule has 1 aromatic carbocycles. The molecular formula is C11H9Br2N3O. The van der Waals surface area contributed by atoms with Crippen LogP contribution in [0.5, 0.6) is 0 Å². The van der Waals surface area contributed by atoms with Gasteiger partial charge in [0.05, 0.1) is 0 Å². The number of rotatable bonds is 2. The number of aromatic nitrogens is 3. The molecule has 0 aliphatic rings. The topological polar surface area (TPSA) is 47.8 Å². The van der Waals surface area contributed by atoms with E-state index in [0.717, 1.165) is 10.0 Å². The summed E-state index contributed by atoms with van der Waals surface area (Å²) in [5.41, 5.74) is 2.08. The summed E-state index contributed by atoms with van der Waals surface area (Å²) in [6.45, 7) is 1.94. The van der Waals surface area contributed by atoms with Crippen LogP contribution < -0.4 is 0 Å². The van der Waals surface area contributed by atoms with Crippen molar-refractivity contribution < 1.29 is 4.79 Å². The lowest BCUT2D eigenvalue weighted by Gasteiger charge is -2.03. The molecule has 0 fully saturated rings. The number of benzene rings is 1. The van der Waals surface area contributed by atoms with E-state index in [9.17, 15) is 4.79 Å². The normalized spacial score (nSPS) is 10.6. The monoisotopic (exact) mass is 357 g/mol. The Balaban J connectivity index is 2.51. The van der Waals surface area contributed by atoms with Crippen molar-refractivity contribution in [3.05, 3.63) is 44.1 Å². The fraction of sp³-hybridized carbons (Fsp3) is 0.182. The van der Waals surface area contributed by atoms with Crippen LogP contribution in [0.25, 0.3) is 0 Å². The maximum absolute atomic E-state index is 12.3. The molecule has 4 nitrogen and oxygen atoms in total. The molecule has 0 atom stereocenters. The molecule has 1 heterocycles. The zero-order valence-electron chi connectivity index (χ0n) is 9.24. The second-order valence-electron chi connectivity index (χ2n) is 3.70. The number of nitrogens with zero attached hydrogens (tertiary/aromatic N) is 3. The third kappa shape index (κ3) is 2.47. The summed E-state index contributed by atoms with van der Waals surface area (Å²) in [5, 5.41) is 7.60. The molecule has 0 spiro atoms. The fourth-order valence-corrected chi connectivity index (χ4v) is 2.69.